The normalized spacial score (nSPS) is 10.2. The highest BCUT2D eigenvalue weighted by atomic mass is 127. The topological polar surface area (TPSA) is 50.4 Å². The number of anilines is 1. The molecular formula is C14H21IN2O2. The van der Waals surface area contributed by atoms with Crippen molar-refractivity contribution < 1.29 is 9.53 Å². The summed E-state index contributed by atoms with van der Waals surface area (Å²) in [5.41, 5.74) is 0.833. The van der Waals surface area contributed by atoms with Crippen LogP contribution >= 0.6 is 22.6 Å². The number of amides is 2. The number of para-hydroxylation sites is 1. The molecule has 0 radical (unpaired) electrons. The smallest absolute Gasteiger partial charge is 0.319 e. The maximum Gasteiger partial charge on any atom is 0.319 e. The van der Waals surface area contributed by atoms with Gasteiger partial charge in [0.05, 0.1) is 5.69 Å². The molecule has 0 aromatic heterocycles. The zero-order valence-electron chi connectivity index (χ0n) is 11.2. The summed E-state index contributed by atoms with van der Waals surface area (Å²) in [4.78, 5) is 11.6. The minimum Gasteiger partial charge on any atom is -0.381 e. The average molecular weight is 376 g/mol. The summed E-state index contributed by atoms with van der Waals surface area (Å²) in [6, 6.07) is 7.52. The molecule has 2 N–H and O–H groups in total. The van der Waals surface area contributed by atoms with Crippen LogP contribution < -0.4 is 10.6 Å². The molecule has 0 atom stereocenters. The number of hydrogen-bond acceptors (Lipinski definition) is 2. The monoisotopic (exact) mass is 376 g/mol. The van der Waals surface area contributed by atoms with Gasteiger partial charge in [-0.1, -0.05) is 25.5 Å². The molecule has 0 spiro atoms. The van der Waals surface area contributed by atoms with Crippen molar-refractivity contribution in [3.05, 3.63) is 27.8 Å². The highest BCUT2D eigenvalue weighted by molar-refractivity contribution is 14.1. The number of nitrogens with one attached hydrogen (secondary N) is 2. The number of rotatable bonds is 8. The zero-order valence-corrected chi connectivity index (χ0v) is 13.4. The fraction of sp³-hybridized carbons (Fsp3) is 0.500. The second kappa shape index (κ2) is 10.0. The number of hydrogen-bond donors (Lipinski definition) is 2. The van der Waals surface area contributed by atoms with Gasteiger partial charge in [-0.3, -0.25) is 0 Å². The highest BCUT2D eigenvalue weighted by Gasteiger charge is 2.03. The molecule has 1 rings (SSSR count). The summed E-state index contributed by atoms with van der Waals surface area (Å²) in [5, 5.41) is 5.64. The lowest BCUT2D eigenvalue weighted by Gasteiger charge is -2.09. The third-order valence-corrected chi connectivity index (χ3v) is 3.46. The van der Waals surface area contributed by atoms with Gasteiger partial charge < -0.3 is 15.4 Å². The van der Waals surface area contributed by atoms with Crippen molar-refractivity contribution in [1.82, 2.24) is 5.32 Å². The molecule has 0 saturated carbocycles. The van der Waals surface area contributed by atoms with E-state index in [0.717, 1.165) is 35.1 Å². The Labute approximate surface area is 128 Å². The molecule has 0 fully saturated rings. The van der Waals surface area contributed by atoms with E-state index in [1.807, 2.05) is 24.3 Å². The Bertz CT molecular complexity index is 385. The maximum absolute atomic E-state index is 11.6. The lowest BCUT2D eigenvalue weighted by Crippen LogP contribution is -2.30. The molecule has 0 aliphatic rings. The van der Waals surface area contributed by atoms with Crippen molar-refractivity contribution in [2.75, 3.05) is 25.1 Å². The standard InChI is InChI=1S/C14H21IN2O2/c1-2-3-10-19-11-6-9-16-14(18)17-13-8-5-4-7-12(13)15/h4-5,7-8H,2-3,6,9-11H2,1H3,(H2,16,17,18). The van der Waals surface area contributed by atoms with Crippen molar-refractivity contribution in [3.8, 4) is 0 Å². The number of halogens is 1. The van der Waals surface area contributed by atoms with Crippen LogP contribution in [0.15, 0.2) is 24.3 Å². The fourth-order valence-corrected chi connectivity index (χ4v) is 1.98. The Balaban J connectivity index is 2.10. The van der Waals surface area contributed by atoms with E-state index in [4.69, 9.17) is 4.74 Å². The molecule has 19 heavy (non-hydrogen) atoms. The lowest BCUT2D eigenvalue weighted by molar-refractivity contribution is 0.129. The molecule has 4 nitrogen and oxygen atoms in total. The van der Waals surface area contributed by atoms with E-state index >= 15 is 0 Å². The van der Waals surface area contributed by atoms with Gasteiger partial charge in [0.2, 0.25) is 0 Å². The van der Waals surface area contributed by atoms with Gasteiger partial charge in [0, 0.05) is 23.3 Å². The molecule has 2 amide bonds. The van der Waals surface area contributed by atoms with E-state index in [1.54, 1.807) is 0 Å². The highest BCUT2D eigenvalue weighted by Crippen LogP contribution is 2.16. The molecule has 1 aromatic rings. The summed E-state index contributed by atoms with van der Waals surface area (Å²) < 4.78 is 6.45. The quantitative estimate of drug-likeness (QED) is 0.538. The van der Waals surface area contributed by atoms with Gasteiger partial charge >= 0.3 is 6.03 Å². The van der Waals surface area contributed by atoms with Crippen LogP contribution in [-0.2, 0) is 4.74 Å². The Morgan fingerprint density at radius 3 is 2.74 bits per heavy atom. The second-order valence-corrected chi connectivity index (χ2v) is 5.34. The van der Waals surface area contributed by atoms with E-state index in [-0.39, 0.29) is 6.03 Å². The summed E-state index contributed by atoms with van der Waals surface area (Å²) in [7, 11) is 0. The first kappa shape index (κ1) is 16.2. The Hall–Kier alpha value is -0.820. The van der Waals surface area contributed by atoms with Crippen molar-refractivity contribution in [2.24, 2.45) is 0 Å². The Morgan fingerprint density at radius 2 is 2.00 bits per heavy atom. The Kier molecular flexibility index (Phi) is 8.57. The van der Waals surface area contributed by atoms with Crippen molar-refractivity contribution >= 4 is 34.3 Å². The molecule has 5 heteroatoms. The van der Waals surface area contributed by atoms with Gasteiger partial charge in [-0.15, -0.1) is 0 Å². The van der Waals surface area contributed by atoms with E-state index < -0.39 is 0 Å². The van der Waals surface area contributed by atoms with Gasteiger partial charge in [0.25, 0.3) is 0 Å². The van der Waals surface area contributed by atoms with E-state index in [1.165, 1.54) is 0 Å². The third-order valence-electron chi connectivity index (χ3n) is 2.52. The van der Waals surface area contributed by atoms with Gasteiger partial charge in [-0.2, -0.15) is 0 Å². The molecule has 1 aromatic carbocycles. The number of unbranched alkanes of at least 4 members (excludes halogenated alkanes) is 1. The van der Waals surface area contributed by atoms with Crippen LogP contribution in [-0.4, -0.2) is 25.8 Å². The van der Waals surface area contributed by atoms with Crippen LogP contribution in [0.3, 0.4) is 0 Å². The summed E-state index contributed by atoms with van der Waals surface area (Å²) in [6.07, 6.45) is 3.08. The second-order valence-electron chi connectivity index (χ2n) is 4.18. The van der Waals surface area contributed by atoms with Crippen molar-refractivity contribution in [1.29, 1.82) is 0 Å². The minimum atomic E-state index is -0.169. The third kappa shape index (κ3) is 7.37. The van der Waals surface area contributed by atoms with Gasteiger partial charge in [-0.05, 0) is 47.6 Å². The van der Waals surface area contributed by atoms with E-state index in [2.05, 4.69) is 40.1 Å². The maximum atomic E-state index is 11.6. The number of carbonyl (C=O) groups excluding carboxylic acids is 1. The number of carbonyl (C=O) groups is 1. The number of urea groups is 1. The van der Waals surface area contributed by atoms with Crippen LogP contribution in [0.4, 0.5) is 10.5 Å². The van der Waals surface area contributed by atoms with Crippen molar-refractivity contribution in [2.45, 2.75) is 26.2 Å². The summed E-state index contributed by atoms with van der Waals surface area (Å²) >= 11 is 2.20. The predicted molar refractivity (Wildman–Crippen MR) is 86.5 cm³/mol. The molecule has 0 aliphatic carbocycles. The molecule has 0 aliphatic heterocycles. The first-order valence-corrected chi connectivity index (χ1v) is 7.69. The molecule has 0 saturated heterocycles. The largest absolute Gasteiger partial charge is 0.381 e. The van der Waals surface area contributed by atoms with Gasteiger partial charge in [-0.25, -0.2) is 4.79 Å². The first-order valence-electron chi connectivity index (χ1n) is 6.61. The summed E-state index contributed by atoms with van der Waals surface area (Å²) in [6.45, 7) is 4.27. The predicted octanol–water partition coefficient (Wildman–Crippen LogP) is 3.62. The van der Waals surface area contributed by atoms with Crippen LogP contribution in [0.2, 0.25) is 0 Å². The van der Waals surface area contributed by atoms with Crippen LogP contribution in [0.5, 0.6) is 0 Å². The van der Waals surface area contributed by atoms with Crippen LogP contribution in [0, 0.1) is 3.57 Å². The lowest BCUT2D eigenvalue weighted by atomic mass is 10.3. The van der Waals surface area contributed by atoms with Crippen LogP contribution in [0.1, 0.15) is 26.2 Å². The molecule has 106 valence electrons. The molecular weight excluding hydrogens is 355 g/mol. The zero-order chi connectivity index (χ0) is 13.9. The number of benzene rings is 1. The molecule has 0 bridgehead atoms. The average Bonchev–Trinajstić information content (AvgIpc) is 2.40. The van der Waals surface area contributed by atoms with Crippen LogP contribution in [0.25, 0.3) is 0 Å². The molecule has 0 unspecified atom stereocenters. The first-order chi connectivity index (χ1) is 9.24. The summed E-state index contributed by atoms with van der Waals surface area (Å²) in [5.74, 6) is 0. The molecule has 0 heterocycles. The van der Waals surface area contributed by atoms with E-state index in [0.29, 0.717) is 13.2 Å². The van der Waals surface area contributed by atoms with Crippen molar-refractivity contribution in [3.63, 3.8) is 0 Å². The van der Waals surface area contributed by atoms with Gasteiger partial charge in [0.15, 0.2) is 0 Å². The van der Waals surface area contributed by atoms with E-state index in [9.17, 15) is 4.79 Å². The number of ether oxygens (including phenoxy) is 1. The fourth-order valence-electron chi connectivity index (χ4n) is 1.45. The minimum absolute atomic E-state index is 0.169. The Morgan fingerprint density at radius 1 is 1.26 bits per heavy atom. The van der Waals surface area contributed by atoms with Gasteiger partial charge in [0.1, 0.15) is 0 Å². The SMILES string of the molecule is CCCCOCCCNC(=O)Nc1ccccc1I.